The van der Waals surface area contributed by atoms with Crippen LogP contribution in [0.15, 0.2) is 53.9 Å². The monoisotopic (exact) mass is 423 g/mol. The molecule has 7 heteroatoms. The van der Waals surface area contributed by atoms with Gasteiger partial charge < -0.3 is 10.1 Å². The highest BCUT2D eigenvalue weighted by Gasteiger charge is 2.24. The summed E-state index contributed by atoms with van der Waals surface area (Å²) in [6.07, 6.45) is 4.42. The maximum absolute atomic E-state index is 12.8. The number of carbonyl (C=O) groups excluding carboxylic acids is 2. The summed E-state index contributed by atoms with van der Waals surface area (Å²) in [6.45, 7) is 1.86. The van der Waals surface area contributed by atoms with Crippen LogP contribution in [0.4, 0.5) is 0 Å². The summed E-state index contributed by atoms with van der Waals surface area (Å²) in [4.78, 5) is 26.1. The topological polar surface area (TPSA) is 73.2 Å². The predicted molar refractivity (Wildman–Crippen MR) is 117 cm³/mol. The van der Waals surface area contributed by atoms with Crippen LogP contribution in [-0.4, -0.2) is 34.3 Å². The summed E-state index contributed by atoms with van der Waals surface area (Å²) < 4.78 is 6.92. The van der Waals surface area contributed by atoms with E-state index in [0.717, 1.165) is 29.8 Å². The van der Waals surface area contributed by atoms with Crippen molar-refractivity contribution >= 4 is 23.2 Å². The van der Waals surface area contributed by atoms with Gasteiger partial charge in [-0.15, -0.1) is 11.3 Å². The van der Waals surface area contributed by atoms with E-state index in [1.807, 2.05) is 47.8 Å². The molecule has 1 aliphatic rings. The van der Waals surface area contributed by atoms with E-state index in [-0.39, 0.29) is 18.6 Å². The van der Waals surface area contributed by atoms with Crippen molar-refractivity contribution in [1.29, 1.82) is 0 Å². The molecule has 1 aromatic carbocycles. The first kappa shape index (κ1) is 20.3. The number of benzene rings is 1. The second kappa shape index (κ2) is 9.26. The molecule has 0 radical (unpaired) electrons. The van der Waals surface area contributed by atoms with E-state index in [9.17, 15) is 9.59 Å². The van der Waals surface area contributed by atoms with E-state index in [1.165, 1.54) is 6.42 Å². The molecular weight excluding hydrogens is 398 g/mol. The quantitative estimate of drug-likeness (QED) is 0.595. The van der Waals surface area contributed by atoms with Crippen LogP contribution < -0.4 is 5.32 Å². The Balaban J connectivity index is 1.48. The molecule has 1 saturated carbocycles. The molecule has 0 aliphatic heterocycles. The zero-order valence-electron chi connectivity index (χ0n) is 16.9. The molecule has 1 aliphatic carbocycles. The van der Waals surface area contributed by atoms with Gasteiger partial charge in [0.05, 0.1) is 10.6 Å². The largest absolute Gasteiger partial charge is 0.451 e. The molecule has 3 aromatic rings. The van der Waals surface area contributed by atoms with Crippen LogP contribution >= 0.6 is 11.3 Å². The summed E-state index contributed by atoms with van der Waals surface area (Å²) in [5.74, 6) is -0.376. The fourth-order valence-electron chi connectivity index (χ4n) is 3.82. The van der Waals surface area contributed by atoms with Crippen molar-refractivity contribution in [1.82, 2.24) is 15.1 Å². The number of esters is 1. The van der Waals surface area contributed by atoms with Gasteiger partial charge >= 0.3 is 5.97 Å². The lowest BCUT2D eigenvalue weighted by atomic mass is 9.86. The third-order valence-electron chi connectivity index (χ3n) is 5.49. The molecule has 2 unspecified atom stereocenters. The fraction of sp³-hybridized carbons (Fsp3) is 0.348. The van der Waals surface area contributed by atoms with E-state index in [0.29, 0.717) is 17.3 Å². The minimum Gasteiger partial charge on any atom is -0.451 e. The van der Waals surface area contributed by atoms with Crippen LogP contribution in [0.1, 0.15) is 43.1 Å². The maximum Gasteiger partial charge on any atom is 0.357 e. The summed E-state index contributed by atoms with van der Waals surface area (Å²) in [5.41, 5.74) is 1.75. The van der Waals surface area contributed by atoms with E-state index in [4.69, 9.17) is 4.74 Å². The number of hydrogen-bond acceptors (Lipinski definition) is 5. The first-order valence-electron chi connectivity index (χ1n) is 10.3. The Kier molecular flexibility index (Phi) is 6.28. The third-order valence-corrected chi connectivity index (χ3v) is 6.38. The van der Waals surface area contributed by atoms with Crippen molar-refractivity contribution in [3.8, 4) is 16.3 Å². The molecule has 0 bridgehead atoms. The van der Waals surface area contributed by atoms with Gasteiger partial charge in [0.25, 0.3) is 5.91 Å². The highest BCUT2D eigenvalue weighted by molar-refractivity contribution is 7.13. The van der Waals surface area contributed by atoms with Gasteiger partial charge in [-0.3, -0.25) is 4.79 Å². The first-order chi connectivity index (χ1) is 14.6. The minimum atomic E-state index is -0.569. The highest BCUT2D eigenvalue weighted by Crippen LogP contribution is 2.26. The number of ether oxygens (including phenoxy) is 1. The van der Waals surface area contributed by atoms with Gasteiger partial charge in [0.2, 0.25) is 0 Å². The molecule has 30 heavy (non-hydrogen) atoms. The van der Waals surface area contributed by atoms with Crippen LogP contribution in [0, 0.1) is 5.92 Å². The zero-order valence-corrected chi connectivity index (χ0v) is 17.7. The molecular formula is C23H25N3O3S. The molecule has 1 fully saturated rings. The van der Waals surface area contributed by atoms with Crippen molar-refractivity contribution < 1.29 is 14.3 Å². The fourth-order valence-corrected chi connectivity index (χ4v) is 4.50. The molecule has 2 atom stereocenters. The molecule has 2 heterocycles. The summed E-state index contributed by atoms with van der Waals surface area (Å²) in [6, 6.07) is 15.2. The number of nitrogens with one attached hydrogen (secondary N) is 1. The molecule has 1 N–H and O–H groups in total. The van der Waals surface area contributed by atoms with Crippen LogP contribution in [0.25, 0.3) is 16.3 Å². The zero-order chi connectivity index (χ0) is 20.9. The normalized spacial score (nSPS) is 18.7. The number of thiophene rings is 1. The molecule has 4 rings (SSSR count). The number of nitrogens with zero attached hydrogens (tertiary/aromatic N) is 2. The Hall–Kier alpha value is -2.93. The lowest BCUT2D eigenvalue weighted by Crippen LogP contribution is -2.42. The van der Waals surface area contributed by atoms with Gasteiger partial charge in [-0.05, 0) is 42.3 Å². The lowest BCUT2D eigenvalue weighted by Gasteiger charge is -2.29. The molecule has 1 amide bonds. The maximum atomic E-state index is 12.8. The van der Waals surface area contributed by atoms with Gasteiger partial charge in [0, 0.05) is 12.1 Å². The van der Waals surface area contributed by atoms with Crippen LogP contribution in [0.2, 0.25) is 0 Å². The van der Waals surface area contributed by atoms with E-state index in [2.05, 4.69) is 17.3 Å². The van der Waals surface area contributed by atoms with Crippen molar-refractivity contribution in [2.24, 2.45) is 5.92 Å². The van der Waals surface area contributed by atoms with Gasteiger partial charge in [-0.25, -0.2) is 9.48 Å². The number of aromatic nitrogens is 2. The van der Waals surface area contributed by atoms with E-state index < -0.39 is 5.97 Å². The molecule has 2 aromatic heterocycles. The third kappa shape index (κ3) is 4.62. The Morgan fingerprint density at radius 1 is 1.17 bits per heavy atom. The Bertz CT molecular complexity index is 998. The second-order valence-electron chi connectivity index (χ2n) is 7.65. The number of hydrogen-bond donors (Lipinski definition) is 1. The van der Waals surface area contributed by atoms with Gasteiger partial charge in [-0.2, -0.15) is 5.10 Å². The van der Waals surface area contributed by atoms with Crippen molar-refractivity contribution in [3.63, 3.8) is 0 Å². The average molecular weight is 424 g/mol. The molecule has 0 spiro atoms. The van der Waals surface area contributed by atoms with Gasteiger partial charge in [-0.1, -0.05) is 44.0 Å². The lowest BCUT2D eigenvalue weighted by molar-refractivity contribution is -0.125. The molecule has 156 valence electrons. The van der Waals surface area contributed by atoms with Crippen molar-refractivity contribution in [2.75, 3.05) is 6.61 Å². The minimum absolute atomic E-state index is 0.158. The Morgan fingerprint density at radius 3 is 2.70 bits per heavy atom. The van der Waals surface area contributed by atoms with Crippen molar-refractivity contribution in [2.45, 2.75) is 38.6 Å². The predicted octanol–water partition coefficient (Wildman–Crippen LogP) is 4.45. The highest BCUT2D eigenvalue weighted by atomic mass is 32.1. The van der Waals surface area contributed by atoms with Crippen molar-refractivity contribution in [3.05, 3.63) is 59.6 Å². The average Bonchev–Trinajstić information content (AvgIpc) is 3.44. The van der Waals surface area contributed by atoms with Gasteiger partial charge in [0.1, 0.15) is 5.69 Å². The standard InChI is InChI=1S/C23H25N3O3S/c1-16-8-5-6-11-18(16)24-22(27)15-29-23(28)20-14-19(21-12-7-13-30-21)25-26(20)17-9-3-2-4-10-17/h2-4,7,9-10,12-14,16,18H,5-6,8,11,15H2,1H3,(H,24,27). The SMILES string of the molecule is CC1CCCCC1NC(=O)COC(=O)c1cc(-c2cccs2)nn1-c1ccccc1. The first-order valence-corrected chi connectivity index (χ1v) is 11.2. The van der Waals surface area contributed by atoms with Crippen LogP contribution in [-0.2, 0) is 9.53 Å². The molecule has 0 saturated heterocycles. The van der Waals surface area contributed by atoms with Gasteiger partial charge in [0.15, 0.2) is 12.3 Å². The summed E-state index contributed by atoms with van der Waals surface area (Å²) in [5, 5.41) is 9.58. The second-order valence-corrected chi connectivity index (χ2v) is 8.60. The Morgan fingerprint density at radius 2 is 1.97 bits per heavy atom. The number of rotatable bonds is 6. The Labute approximate surface area is 179 Å². The van der Waals surface area contributed by atoms with E-state index >= 15 is 0 Å². The number of para-hydroxylation sites is 1. The number of carbonyl (C=O) groups is 2. The van der Waals surface area contributed by atoms with E-state index in [1.54, 1.807) is 22.1 Å². The van der Waals surface area contributed by atoms with Crippen LogP contribution in [0.5, 0.6) is 0 Å². The smallest absolute Gasteiger partial charge is 0.357 e. The molecule has 6 nitrogen and oxygen atoms in total. The summed E-state index contributed by atoms with van der Waals surface area (Å²) >= 11 is 1.55. The van der Waals surface area contributed by atoms with Crippen LogP contribution in [0.3, 0.4) is 0 Å². The summed E-state index contributed by atoms with van der Waals surface area (Å²) in [7, 11) is 0. The number of amides is 1.